The molecule has 94 heavy (non-hydrogen) atoms. The van der Waals surface area contributed by atoms with E-state index in [4.69, 9.17) is 24.5 Å². The minimum absolute atomic E-state index is 0.0238. The fourth-order valence-corrected chi connectivity index (χ4v) is 12.7. The van der Waals surface area contributed by atoms with Crippen LogP contribution in [-0.4, -0.2) is 19.9 Å². The van der Waals surface area contributed by atoms with Crippen LogP contribution in [0.2, 0.25) is 0 Å². The summed E-state index contributed by atoms with van der Waals surface area (Å²) in [5, 5.41) is 8.28. The smallest absolute Gasteiger partial charge is 0.227 e. The molecule has 12 heteroatoms. The summed E-state index contributed by atoms with van der Waals surface area (Å²) in [6.45, 7) is 15.2. The summed E-state index contributed by atoms with van der Waals surface area (Å²) < 4.78 is 72.3. The fourth-order valence-electron chi connectivity index (χ4n) is 12.7. The molecule has 12 heterocycles. The van der Waals surface area contributed by atoms with Gasteiger partial charge < -0.3 is 17.7 Å². The fraction of sp³-hybridized carbons (Fsp3) is 0.220. The van der Waals surface area contributed by atoms with E-state index in [2.05, 4.69) is 196 Å². The Morgan fingerprint density at radius 1 is 0.372 bits per heavy atom. The van der Waals surface area contributed by atoms with Gasteiger partial charge in [-0.2, -0.15) is 0 Å². The third kappa shape index (κ3) is 11.7. The highest BCUT2D eigenvalue weighted by atomic mass is 16.4. The zero-order valence-corrected chi connectivity index (χ0v) is 55.6. The van der Waals surface area contributed by atoms with Crippen LogP contribution >= 0.6 is 0 Å². The van der Waals surface area contributed by atoms with Gasteiger partial charge in [0.05, 0.1) is 22.3 Å². The summed E-state index contributed by atoms with van der Waals surface area (Å²) in [6.07, 6.45) is 9.08. The quantitative estimate of drug-likeness (QED) is 0.138. The summed E-state index contributed by atoms with van der Waals surface area (Å²) in [7, 11) is 8.15. The molecule has 0 aliphatic heterocycles. The molecule has 0 saturated carbocycles. The Bertz CT molecular complexity index is 5800. The molecule has 0 bridgehead atoms. The predicted octanol–water partition coefficient (Wildman–Crippen LogP) is 18.3. The van der Waals surface area contributed by atoms with E-state index in [0.29, 0.717) is 28.5 Å². The number of hydrogen-bond donors (Lipinski definition) is 0. The van der Waals surface area contributed by atoms with E-state index in [9.17, 15) is 0 Å². The van der Waals surface area contributed by atoms with Crippen molar-refractivity contribution in [3.05, 3.63) is 240 Å². The Labute approximate surface area is 555 Å². The maximum absolute atomic E-state index is 8.21. The van der Waals surface area contributed by atoms with Crippen LogP contribution < -0.4 is 18.3 Å². The summed E-state index contributed by atoms with van der Waals surface area (Å²) in [5.74, 6) is -2.36. The molecule has 1 atom stereocenters. The highest BCUT2D eigenvalue weighted by Crippen LogP contribution is 2.41. The third-order valence-electron chi connectivity index (χ3n) is 17.7. The van der Waals surface area contributed by atoms with E-state index < -0.39 is 18.6 Å². The van der Waals surface area contributed by atoms with Crippen molar-refractivity contribution in [2.75, 3.05) is 0 Å². The van der Waals surface area contributed by atoms with Crippen LogP contribution in [0.3, 0.4) is 0 Å². The molecular formula is C82H80N8O4+4. The zero-order valence-electron chi connectivity index (χ0n) is 60.6. The van der Waals surface area contributed by atoms with Gasteiger partial charge >= 0.3 is 0 Å². The molecule has 0 saturated heterocycles. The van der Waals surface area contributed by atoms with E-state index in [1.54, 1.807) is 6.07 Å². The van der Waals surface area contributed by atoms with Crippen LogP contribution in [0.1, 0.15) is 92.3 Å². The SMILES string of the molecule is CCc1ccc2c(n1)oc1c(-c3cccc[n+]3C)c(C)ccc12.Cc1ccc2c(n1)oc1c(-c3cccc[n+]3C)c(C)ccc12.[2H]C(C)(C)c1ccc2c(n1)oc1c(-c3cccc[n+]3C)c(C)ccc12.[2H]C([2H])([2H])C([2H])(C)Cc1ccc2c(n1)oc1c(-c3cccc[n+]3C)c(C)ccc12. The minimum atomic E-state index is -2.39. The zero-order chi connectivity index (χ0) is 70.0. The first kappa shape index (κ1) is 56.1. The van der Waals surface area contributed by atoms with E-state index in [-0.39, 0.29) is 6.42 Å². The molecule has 0 aliphatic rings. The number of furan rings is 4. The maximum Gasteiger partial charge on any atom is 0.227 e. The summed E-state index contributed by atoms with van der Waals surface area (Å²) in [6, 6.07) is 57.5. The molecule has 0 spiro atoms. The molecule has 0 aliphatic carbocycles. The van der Waals surface area contributed by atoms with Gasteiger partial charge in [-0.25, -0.2) is 38.2 Å². The molecule has 0 N–H and O–H groups in total. The van der Waals surface area contributed by atoms with E-state index in [0.717, 1.165) is 145 Å². The Balaban J connectivity index is 0.000000119. The van der Waals surface area contributed by atoms with Crippen molar-refractivity contribution >= 4 is 88.3 Å². The lowest BCUT2D eigenvalue weighted by molar-refractivity contribution is -0.660. The van der Waals surface area contributed by atoms with Crippen molar-refractivity contribution < 1.29 is 42.8 Å². The number of aryl methyl sites for hydroxylation is 10. The van der Waals surface area contributed by atoms with Crippen LogP contribution in [0.15, 0.2) is 212 Å². The standard InChI is InChI=1S/C22H23N2O.C21H21N2O.C20H19N2O.C19H17N2O/c1-14(2)13-16-9-11-18-17-10-8-15(3)20(21(17)25-22(18)23-16)19-7-5-6-12-24(19)4;1-13(2)17-11-10-16-15-9-8-14(3)19(20(15)24-21(16)22-17)18-7-5-6-12-23(18)4;1-4-14-9-11-16-15-10-8-13(2)18(19(15)23-20(16)21-14)17-7-5-6-12-22(17)3;1-12-7-9-14-15-10-8-13(2)20-19(15)22-18(14)17(12)16-6-4-5-11-21(16)3/h5-12,14H,13H2,1-4H3;5-13H,1-4H3;5-12H,4H2,1-3H3;4-11H,1-3H3/q4*+1/i1D3,14D;13D;;. The normalized spacial score (nSPS) is 13.2. The molecule has 0 amide bonds. The van der Waals surface area contributed by atoms with E-state index >= 15 is 0 Å². The summed E-state index contributed by atoms with van der Waals surface area (Å²) in [4.78, 5) is 18.3. The van der Waals surface area contributed by atoms with E-state index in [1.165, 1.54) is 18.1 Å². The lowest BCUT2D eigenvalue weighted by Gasteiger charge is -2.04. The number of nitrogens with zero attached hydrogens (tertiary/aromatic N) is 8. The van der Waals surface area contributed by atoms with Gasteiger partial charge in [0.2, 0.25) is 45.6 Å². The van der Waals surface area contributed by atoms with Crippen LogP contribution in [0.4, 0.5) is 0 Å². The lowest BCUT2D eigenvalue weighted by Crippen LogP contribution is -2.30. The van der Waals surface area contributed by atoms with Crippen molar-refractivity contribution in [3.63, 3.8) is 0 Å². The largest absolute Gasteiger partial charge is 0.437 e. The van der Waals surface area contributed by atoms with Gasteiger partial charge in [0.1, 0.15) is 28.2 Å². The molecule has 1 unspecified atom stereocenters. The molecule has 12 nitrogen and oxygen atoms in total. The molecule has 12 aromatic heterocycles. The third-order valence-corrected chi connectivity index (χ3v) is 17.7. The highest BCUT2D eigenvalue weighted by molar-refractivity contribution is 6.12. The Morgan fingerprint density at radius 3 is 1.04 bits per heavy atom. The first-order chi connectivity index (χ1) is 47.3. The second-order valence-electron chi connectivity index (χ2n) is 24.7. The van der Waals surface area contributed by atoms with Crippen molar-refractivity contribution in [2.45, 2.75) is 87.9 Å². The Morgan fingerprint density at radius 2 is 0.691 bits per heavy atom. The average Bonchev–Trinajstić information content (AvgIpc) is 1.64. The predicted molar refractivity (Wildman–Crippen MR) is 378 cm³/mol. The number of fused-ring (bicyclic) bond motifs is 12. The molecule has 4 aromatic carbocycles. The molecule has 0 fully saturated rings. The van der Waals surface area contributed by atoms with Crippen molar-refractivity contribution in [1.82, 2.24) is 19.9 Å². The second-order valence-corrected chi connectivity index (χ2v) is 24.7. The second kappa shape index (κ2) is 25.8. The molecule has 468 valence electrons. The van der Waals surface area contributed by atoms with Crippen molar-refractivity contribution in [3.8, 4) is 45.0 Å². The molecular weight excluding hydrogens is 1160 g/mol. The minimum Gasteiger partial charge on any atom is -0.437 e. The van der Waals surface area contributed by atoms with Crippen LogP contribution in [0.5, 0.6) is 0 Å². The first-order valence-corrected chi connectivity index (χ1v) is 31.8. The van der Waals surface area contributed by atoms with E-state index in [1.807, 2.05) is 114 Å². The molecule has 0 radical (unpaired) electrons. The first-order valence-electron chi connectivity index (χ1n) is 34.3. The molecule has 16 aromatic rings. The summed E-state index contributed by atoms with van der Waals surface area (Å²) >= 11 is 0. The number of pyridine rings is 8. The van der Waals surface area contributed by atoms with Crippen molar-refractivity contribution in [1.29, 1.82) is 0 Å². The van der Waals surface area contributed by atoms with Gasteiger partial charge in [-0.1, -0.05) is 83.1 Å². The van der Waals surface area contributed by atoms with Crippen LogP contribution in [0.25, 0.3) is 133 Å². The number of hydrogen-bond acceptors (Lipinski definition) is 8. The Hall–Kier alpha value is -10.7. The number of aromatic nitrogens is 8. The van der Waals surface area contributed by atoms with Crippen molar-refractivity contribution in [2.24, 2.45) is 34.1 Å². The van der Waals surface area contributed by atoms with Gasteiger partial charge in [-0.3, -0.25) is 0 Å². The maximum atomic E-state index is 8.21. The topological polar surface area (TPSA) is 120 Å². The van der Waals surface area contributed by atoms with Gasteiger partial charge in [0, 0.05) is 121 Å². The summed E-state index contributed by atoms with van der Waals surface area (Å²) in [5.41, 5.74) is 22.7. The van der Waals surface area contributed by atoms with Gasteiger partial charge in [-0.05, 0) is 154 Å². The van der Waals surface area contributed by atoms with Crippen LogP contribution in [0, 0.1) is 40.5 Å². The van der Waals surface area contributed by atoms with Gasteiger partial charge in [0.15, 0.2) is 47.1 Å². The van der Waals surface area contributed by atoms with Crippen LogP contribution in [-0.2, 0) is 41.0 Å². The highest BCUT2D eigenvalue weighted by Gasteiger charge is 2.25. The van der Waals surface area contributed by atoms with Gasteiger partial charge in [0.25, 0.3) is 0 Å². The van der Waals surface area contributed by atoms with Gasteiger partial charge in [-0.15, -0.1) is 0 Å². The average molecular weight is 1250 g/mol. The Kier molecular flexibility index (Phi) is 15.4. The number of benzene rings is 4. The monoisotopic (exact) mass is 1250 g/mol. The lowest BCUT2D eigenvalue weighted by atomic mass is 10.0. The number of rotatable bonds is 8. The molecule has 16 rings (SSSR count).